The molecule has 1 aromatic carbocycles. The molecule has 2 rings (SSSR count). The zero-order valence-corrected chi connectivity index (χ0v) is 13.3. The Morgan fingerprint density at radius 1 is 1.14 bits per heavy atom. The second kappa shape index (κ2) is 7.02. The number of sulfonamides is 1. The predicted molar refractivity (Wildman–Crippen MR) is 83.5 cm³/mol. The van der Waals surface area contributed by atoms with Crippen LogP contribution in [0.15, 0.2) is 53.6 Å². The van der Waals surface area contributed by atoms with Gasteiger partial charge in [0.2, 0.25) is 10.0 Å². The monoisotopic (exact) mass is 324 g/mol. The summed E-state index contributed by atoms with van der Waals surface area (Å²) in [6.07, 6.45) is 1.66. The van der Waals surface area contributed by atoms with Crippen molar-refractivity contribution in [2.75, 3.05) is 6.54 Å². The van der Waals surface area contributed by atoms with E-state index in [1.165, 1.54) is 4.31 Å². The molecular formula is C15H17ClN2O2S. The van der Waals surface area contributed by atoms with Gasteiger partial charge in [-0.05, 0) is 29.8 Å². The molecule has 21 heavy (non-hydrogen) atoms. The van der Waals surface area contributed by atoms with E-state index in [1.807, 2.05) is 19.1 Å². The number of benzene rings is 1. The van der Waals surface area contributed by atoms with Gasteiger partial charge in [0.05, 0.1) is 17.1 Å². The first-order valence-electron chi connectivity index (χ1n) is 6.63. The number of hydrogen-bond acceptors (Lipinski definition) is 3. The topological polar surface area (TPSA) is 50.3 Å². The van der Waals surface area contributed by atoms with Gasteiger partial charge >= 0.3 is 0 Å². The third kappa shape index (κ3) is 3.81. The average Bonchev–Trinajstić information content (AvgIpc) is 2.53. The molecule has 0 amide bonds. The molecule has 2 aromatic rings. The quantitative estimate of drug-likeness (QED) is 0.767. The molecule has 0 N–H and O–H groups in total. The average molecular weight is 325 g/mol. The maximum absolute atomic E-state index is 12.6. The van der Waals surface area contributed by atoms with Crippen LogP contribution in [0.2, 0.25) is 0 Å². The van der Waals surface area contributed by atoms with Gasteiger partial charge in [-0.15, -0.1) is 11.6 Å². The minimum absolute atomic E-state index is 0.261. The minimum atomic E-state index is -3.52. The molecule has 0 fully saturated rings. The standard InChI is InChI=1S/C15H17ClN2O2S/c1-2-18(12-14-5-3-4-10-17-14)21(19,20)15-8-6-13(11-16)7-9-15/h3-10H,2,11-12H2,1H3. The third-order valence-electron chi connectivity index (χ3n) is 3.13. The molecule has 0 atom stereocenters. The Bertz CT molecular complexity index is 673. The Hall–Kier alpha value is -1.43. The lowest BCUT2D eigenvalue weighted by atomic mass is 10.2. The largest absolute Gasteiger partial charge is 0.260 e. The number of aromatic nitrogens is 1. The van der Waals surface area contributed by atoms with Crippen molar-refractivity contribution in [1.82, 2.24) is 9.29 Å². The van der Waals surface area contributed by atoms with Crippen molar-refractivity contribution in [3.8, 4) is 0 Å². The van der Waals surface area contributed by atoms with Crippen LogP contribution in [0, 0.1) is 0 Å². The van der Waals surface area contributed by atoms with Gasteiger partial charge in [0.25, 0.3) is 0 Å². The van der Waals surface area contributed by atoms with E-state index in [9.17, 15) is 8.42 Å². The number of halogens is 1. The van der Waals surface area contributed by atoms with Crippen LogP contribution in [0.4, 0.5) is 0 Å². The Morgan fingerprint density at radius 2 is 1.86 bits per heavy atom. The number of pyridine rings is 1. The predicted octanol–water partition coefficient (Wildman–Crippen LogP) is 3.03. The molecule has 0 aliphatic rings. The van der Waals surface area contributed by atoms with Crippen LogP contribution in [0.5, 0.6) is 0 Å². The van der Waals surface area contributed by atoms with Gasteiger partial charge < -0.3 is 0 Å². The number of nitrogens with zero attached hydrogens (tertiary/aromatic N) is 2. The fourth-order valence-corrected chi connectivity index (χ4v) is 3.54. The van der Waals surface area contributed by atoms with E-state index < -0.39 is 10.0 Å². The number of rotatable bonds is 6. The highest BCUT2D eigenvalue weighted by atomic mass is 35.5. The summed E-state index contributed by atoms with van der Waals surface area (Å²) in [5.41, 5.74) is 1.61. The van der Waals surface area contributed by atoms with Gasteiger partial charge in [0.15, 0.2) is 0 Å². The molecule has 0 bridgehead atoms. The minimum Gasteiger partial charge on any atom is -0.260 e. The van der Waals surface area contributed by atoms with Crippen LogP contribution >= 0.6 is 11.6 Å². The lowest BCUT2D eigenvalue weighted by molar-refractivity contribution is 0.419. The zero-order valence-electron chi connectivity index (χ0n) is 11.7. The molecule has 0 aliphatic heterocycles. The van der Waals surface area contributed by atoms with Gasteiger partial charge in [0.1, 0.15) is 0 Å². The number of alkyl halides is 1. The first-order chi connectivity index (χ1) is 10.1. The molecule has 0 saturated carbocycles. The summed E-state index contributed by atoms with van der Waals surface area (Å²) in [6, 6.07) is 12.1. The van der Waals surface area contributed by atoms with E-state index >= 15 is 0 Å². The van der Waals surface area contributed by atoms with Crippen molar-refractivity contribution >= 4 is 21.6 Å². The Kier molecular flexibility index (Phi) is 5.33. The van der Waals surface area contributed by atoms with Crippen molar-refractivity contribution in [1.29, 1.82) is 0 Å². The Morgan fingerprint density at radius 3 is 2.38 bits per heavy atom. The molecule has 1 heterocycles. The fourth-order valence-electron chi connectivity index (χ4n) is 1.94. The molecule has 6 heteroatoms. The smallest absolute Gasteiger partial charge is 0.243 e. The van der Waals surface area contributed by atoms with Crippen LogP contribution in [-0.2, 0) is 22.4 Å². The number of hydrogen-bond donors (Lipinski definition) is 0. The van der Waals surface area contributed by atoms with Crippen LogP contribution in [0.3, 0.4) is 0 Å². The molecule has 0 spiro atoms. The lowest BCUT2D eigenvalue weighted by Gasteiger charge is -2.20. The zero-order chi connectivity index (χ0) is 15.3. The van der Waals surface area contributed by atoms with Crippen molar-refractivity contribution in [3.63, 3.8) is 0 Å². The van der Waals surface area contributed by atoms with Crippen molar-refractivity contribution < 1.29 is 8.42 Å². The second-order valence-electron chi connectivity index (χ2n) is 4.53. The Labute approximate surface area is 130 Å². The van der Waals surface area contributed by atoms with E-state index in [1.54, 1.807) is 36.5 Å². The summed E-state index contributed by atoms with van der Waals surface area (Å²) in [5.74, 6) is 0.367. The maximum Gasteiger partial charge on any atom is 0.243 e. The molecular weight excluding hydrogens is 308 g/mol. The summed E-state index contributed by atoms with van der Waals surface area (Å²) in [4.78, 5) is 4.45. The normalized spacial score (nSPS) is 11.8. The summed E-state index contributed by atoms with van der Waals surface area (Å²) in [6.45, 7) is 2.46. The van der Waals surface area contributed by atoms with Gasteiger partial charge in [-0.25, -0.2) is 8.42 Å². The highest BCUT2D eigenvalue weighted by Crippen LogP contribution is 2.18. The summed E-state index contributed by atoms with van der Waals surface area (Å²) < 4.78 is 26.7. The Balaban J connectivity index is 2.26. The summed E-state index contributed by atoms with van der Waals surface area (Å²) in [7, 11) is -3.52. The first-order valence-corrected chi connectivity index (χ1v) is 8.60. The molecule has 0 saturated heterocycles. The van der Waals surface area contributed by atoms with E-state index in [4.69, 9.17) is 11.6 Å². The fraction of sp³-hybridized carbons (Fsp3) is 0.267. The van der Waals surface area contributed by atoms with E-state index in [0.717, 1.165) is 11.3 Å². The van der Waals surface area contributed by atoms with E-state index in [2.05, 4.69) is 4.98 Å². The highest BCUT2D eigenvalue weighted by Gasteiger charge is 2.23. The van der Waals surface area contributed by atoms with Gasteiger partial charge in [0, 0.05) is 18.6 Å². The second-order valence-corrected chi connectivity index (χ2v) is 6.74. The third-order valence-corrected chi connectivity index (χ3v) is 5.38. The molecule has 0 radical (unpaired) electrons. The van der Waals surface area contributed by atoms with Crippen LogP contribution in [0.1, 0.15) is 18.2 Å². The summed E-state index contributed by atoms with van der Waals surface area (Å²) >= 11 is 5.72. The molecule has 0 aliphatic carbocycles. The maximum atomic E-state index is 12.6. The molecule has 0 unspecified atom stereocenters. The van der Waals surface area contributed by atoms with Crippen molar-refractivity contribution in [2.45, 2.75) is 24.2 Å². The van der Waals surface area contributed by atoms with E-state index in [0.29, 0.717) is 12.4 Å². The van der Waals surface area contributed by atoms with Gasteiger partial charge in [-0.1, -0.05) is 25.1 Å². The van der Waals surface area contributed by atoms with Crippen molar-refractivity contribution in [2.24, 2.45) is 0 Å². The van der Waals surface area contributed by atoms with Crippen LogP contribution in [-0.4, -0.2) is 24.3 Å². The SMILES string of the molecule is CCN(Cc1ccccn1)S(=O)(=O)c1ccc(CCl)cc1. The highest BCUT2D eigenvalue weighted by molar-refractivity contribution is 7.89. The van der Waals surface area contributed by atoms with Crippen LogP contribution in [0.25, 0.3) is 0 Å². The van der Waals surface area contributed by atoms with Crippen LogP contribution < -0.4 is 0 Å². The lowest BCUT2D eigenvalue weighted by Crippen LogP contribution is -2.30. The van der Waals surface area contributed by atoms with Gasteiger partial charge in [-0.3, -0.25) is 4.98 Å². The molecule has 1 aromatic heterocycles. The van der Waals surface area contributed by atoms with Crippen molar-refractivity contribution in [3.05, 3.63) is 59.9 Å². The molecule has 112 valence electrons. The molecule has 4 nitrogen and oxygen atoms in total. The first kappa shape index (κ1) is 15.9. The van der Waals surface area contributed by atoms with E-state index in [-0.39, 0.29) is 11.4 Å². The van der Waals surface area contributed by atoms with Gasteiger partial charge in [-0.2, -0.15) is 4.31 Å². The summed E-state index contributed by atoms with van der Waals surface area (Å²) in [5, 5.41) is 0.